The molecule has 0 radical (unpaired) electrons. The van der Waals surface area contributed by atoms with E-state index in [1.165, 1.54) is 53.4 Å². The van der Waals surface area contributed by atoms with Crippen LogP contribution in [0, 0.1) is 17.0 Å². The largest absolute Gasteiger partial charge is 0.321 e. The molecule has 1 heterocycles. The molecule has 1 aromatic heterocycles. The third kappa shape index (κ3) is 8.09. The number of nitrogens with zero attached hydrogens (tertiary/aromatic N) is 2. The molecule has 3 aromatic carbocycles. The van der Waals surface area contributed by atoms with E-state index in [0.717, 1.165) is 10.6 Å². The Morgan fingerprint density at radius 1 is 1.00 bits per heavy atom. The number of non-ortho nitro benzene ring substituents is 1. The van der Waals surface area contributed by atoms with Gasteiger partial charge in [0, 0.05) is 33.7 Å². The van der Waals surface area contributed by atoms with Gasteiger partial charge in [0.1, 0.15) is 5.70 Å². The maximum Gasteiger partial charge on any atom is 0.272 e. The average molecular weight is 574 g/mol. The minimum absolute atomic E-state index is 0.0566. The van der Waals surface area contributed by atoms with Crippen LogP contribution in [0.4, 0.5) is 16.5 Å². The van der Waals surface area contributed by atoms with Gasteiger partial charge in [-0.3, -0.25) is 24.5 Å². The number of rotatable bonds is 10. The van der Waals surface area contributed by atoms with E-state index in [0.29, 0.717) is 21.9 Å². The number of nitro groups is 1. The Balaban J connectivity index is 1.47. The molecule has 0 aliphatic heterocycles. The molecule has 202 valence electrons. The predicted molar refractivity (Wildman–Crippen MR) is 156 cm³/mol. The van der Waals surface area contributed by atoms with Gasteiger partial charge in [-0.2, -0.15) is 0 Å². The van der Waals surface area contributed by atoms with Gasteiger partial charge in [0.25, 0.3) is 17.5 Å². The Kier molecular flexibility index (Phi) is 9.39. The summed E-state index contributed by atoms with van der Waals surface area (Å²) in [7, 11) is 0. The summed E-state index contributed by atoms with van der Waals surface area (Å²) in [5.74, 6) is -1.14. The predicted octanol–water partition coefficient (Wildman–Crippen LogP) is 5.50. The minimum Gasteiger partial charge on any atom is -0.321 e. The highest BCUT2D eigenvalue weighted by atomic mass is 32.2. The summed E-state index contributed by atoms with van der Waals surface area (Å²) in [6, 6.07) is 20.9. The number of amides is 3. The highest BCUT2D eigenvalue weighted by molar-refractivity contribution is 8.00. The van der Waals surface area contributed by atoms with Gasteiger partial charge in [-0.05, 0) is 61.0 Å². The molecule has 0 unspecified atom stereocenters. The molecule has 10 nitrogen and oxygen atoms in total. The molecule has 0 atom stereocenters. The van der Waals surface area contributed by atoms with Crippen molar-refractivity contribution in [2.45, 2.75) is 11.8 Å². The van der Waals surface area contributed by atoms with Crippen molar-refractivity contribution in [3.8, 4) is 0 Å². The zero-order valence-electron chi connectivity index (χ0n) is 21.1. The van der Waals surface area contributed by atoms with E-state index in [1.54, 1.807) is 48.5 Å². The Bertz CT molecular complexity index is 1570. The summed E-state index contributed by atoms with van der Waals surface area (Å²) in [5, 5.41) is 21.5. The number of anilines is 2. The molecule has 12 heteroatoms. The number of carbonyl (C=O) groups excluding carboxylic acids is 3. The number of nitro benzene ring substituents is 1. The molecule has 0 spiro atoms. The smallest absolute Gasteiger partial charge is 0.272 e. The normalized spacial score (nSPS) is 11.0. The number of aromatic nitrogens is 1. The molecule has 0 aliphatic carbocycles. The number of hydrogen-bond donors (Lipinski definition) is 3. The van der Waals surface area contributed by atoms with Crippen molar-refractivity contribution in [1.29, 1.82) is 0 Å². The van der Waals surface area contributed by atoms with Crippen LogP contribution in [-0.2, 0) is 9.59 Å². The Morgan fingerprint density at radius 2 is 1.75 bits per heavy atom. The van der Waals surface area contributed by atoms with Crippen molar-refractivity contribution in [3.05, 3.63) is 117 Å². The fourth-order valence-corrected chi connectivity index (χ4v) is 4.84. The van der Waals surface area contributed by atoms with Crippen molar-refractivity contribution in [2.24, 2.45) is 0 Å². The highest BCUT2D eigenvalue weighted by Gasteiger charge is 2.16. The number of benzene rings is 3. The summed E-state index contributed by atoms with van der Waals surface area (Å²) in [6.07, 6.45) is 1.43. The first kappa shape index (κ1) is 28.2. The molecule has 0 saturated carbocycles. The van der Waals surface area contributed by atoms with E-state index in [2.05, 4.69) is 20.9 Å². The fourth-order valence-electron chi connectivity index (χ4n) is 3.38. The topological polar surface area (TPSA) is 143 Å². The molecule has 0 bridgehead atoms. The van der Waals surface area contributed by atoms with Crippen LogP contribution in [0.1, 0.15) is 21.6 Å². The second-order valence-corrected chi connectivity index (χ2v) is 10.2. The molecule has 4 rings (SSSR count). The first-order chi connectivity index (χ1) is 19.3. The fraction of sp³-hybridized carbons (Fsp3) is 0.0714. The maximum atomic E-state index is 13.3. The molecule has 3 amide bonds. The van der Waals surface area contributed by atoms with Crippen LogP contribution in [-0.4, -0.2) is 33.4 Å². The number of thiazole rings is 1. The second kappa shape index (κ2) is 13.3. The summed E-state index contributed by atoms with van der Waals surface area (Å²) in [6.45, 7) is 1.85. The van der Waals surface area contributed by atoms with Crippen LogP contribution in [0.25, 0.3) is 6.08 Å². The Hall–Kier alpha value is -4.81. The van der Waals surface area contributed by atoms with Crippen LogP contribution in [0.15, 0.2) is 94.8 Å². The van der Waals surface area contributed by atoms with E-state index in [1.807, 2.05) is 18.4 Å². The maximum absolute atomic E-state index is 13.3. The van der Waals surface area contributed by atoms with Crippen LogP contribution >= 0.6 is 23.1 Å². The Labute approximate surface area is 237 Å². The van der Waals surface area contributed by atoms with E-state index >= 15 is 0 Å². The lowest BCUT2D eigenvalue weighted by Crippen LogP contribution is -2.30. The third-order valence-electron chi connectivity index (χ3n) is 5.27. The zero-order valence-corrected chi connectivity index (χ0v) is 22.8. The number of hydrogen-bond acceptors (Lipinski definition) is 8. The van der Waals surface area contributed by atoms with E-state index in [4.69, 9.17) is 0 Å². The van der Waals surface area contributed by atoms with Gasteiger partial charge < -0.3 is 16.0 Å². The monoisotopic (exact) mass is 573 g/mol. The standard InChI is InChI=1S/C28H23N5O5S2/c1-18-16-40-28(29-18)32-25(34)17-39-23-9-5-8-21(15-23)30-27(36)24(31-26(35)20-6-3-2-4-7-20)14-19-10-12-22(13-11-19)33(37)38/h2-16H,17H2,1H3,(H,30,36)(H,31,35)(H,29,32,34)/b24-14+. The second-order valence-electron chi connectivity index (χ2n) is 8.34. The summed E-state index contributed by atoms with van der Waals surface area (Å²) < 4.78 is 0. The molecule has 0 fully saturated rings. The van der Waals surface area contributed by atoms with Gasteiger partial charge >= 0.3 is 0 Å². The molecule has 4 aromatic rings. The van der Waals surface area contributed by atoms with Gasteiger partial charge in [0.15, 0.2) is 5.13 Å². The first-order valence-electron chi connectivity index (χ1n) is 11.9. The molecule has 0 saturated heterocycles. The SMILES string of the molecule is Cc1csc(NC(=O)CSc2cccc(NC(=O)/C(=C\c3ccc([N+](=O)[O-])cc3)NC(=O)c3ccccc3)c2)n1. The lowest BCUT2D eigenvalue weighted by atomic mass is 10.1. The van der Waals surface area contributed by atoms with Crippen LogP contribution < -0.4 is 16.0 Å². The molecular weight excluding hydrogens is 550 g/mol. The molecule has 40 heavy (non-hydrogen) atoms. The van der Waals surface area contributed by atoms with Gasteiger partial charge in [0.05, 0.1) is 16.4 Å². The van der Waals surface area contributed by atoms with E-state index < -0.39 is 16.7 Å². The van der Waals surface area contributed by atoms with Crippen molar-refractivity contribution in [2.75, 3.05) is 16.4 Å². The van der Waals surface area contributed by atoms with Gasteiger partial charge in [-0.1, -0.05) is 24.3 Å². The molecule has 0 aliphatic rings. The van der Waals surface area contributed by atoms with Crippen molar-refractivity contribution in [1.82, 2.24) is 10.3 Å². The van der Waals surface area contributed by atoms with Crippen LogP contribution in [0.5, 0.6) is 0 Å². The van der Waals surface area contributed by atoms with Gasteiger partial charge in [-0.25, -0.2) is 4.98 Å². The summed E-state index contributed by atoms with van der Waals surface area (Å²) in [5.41, 5.74) is 1.97. The van der Waals surface area contributed by atoms with Crippen molar-refractivity contribution in [3.63, 3.8) is 0 Å². The summed E-state index contributed by atoms with van der Waals surface area (Å²) in [4.78, 5) is 53.8. The Morgan fingerprint density at radius 3 is 2.42 bits per heavy atom. The third-order valence-corrected chi connectivity index (χ3v) is 7.14. The first-order valence-corrected chi connectivity index (χ1v) is 13.7. The number of nitrogens with one attached hydrogen (secondary N) is 3. The highest BCUT2D eigenvalue weighted by Crippen LogP contribution is 2.23. The molecule has 3 N–H and O–H groups in total. The number of carbonyl (C=O) groups is 3. The van der Waals surface area contributed by atoms with Crippen LogP contribution in [0.2, 0.25) is 0 Å². The lowest BCUT2D eigenvalue weighted by molar-refractivity contribution is -0.384. The van der Waals surface area contributed by atoms with Crippen molar-refractivity contribution >= 4 is 63.4 Å². The number of aryl methyl sites for hydroxylation is 1. The van der Waals surface area contributed by atoms with Gasteiger partial charge in [0.2, 0.25) is 5.91 Å². The number of thioether (sulfide) groups is 1. The summed E-state index contributed by atoms with van der Waals surface area (Å²) >= 11 is 2.64. The van der Waals surface area contributed by atoms with Crippen molar-refractivity contribution < 1.29 is 19.3 Å². The zero-order chi connectivity index (χ0) is 28.5. The quantitative estimate of drug-likeness (QED) is 0.0984. The van der Waals surface area contributed by atoms with E-state index in [9.17, 15) is 24.5 Å². The van der Waals surface area contributed by atoms with Crippen LogP contribution in [0.3, 0.4) is 0 Å². The molecular formula is C28H23N5O5S2. The minimum atomic E-state index is -0.596. The average Bonchev–Trinajstić information content (AvgIpc) is 3.36. The van der Waals surface area contributed by atoms with Gasteiger partial charge in [-0.15, -0.1) is 23.1 Å². The van der Waals surface area contributed by atoms with E-state index in [-0.39, 0.29) is 23.0 Å². The lowest BCUT2D eigenvalue weighted by Gasteiger charge is -2.12.